The fourth-order valence-electron chi connectivity index (χ4n) is 2.81. The Kier molecular flexibility index (Phi) is 5.16. The minimum Gasteiger partial charge on any atom is -0.369 e. The number of aliphatic imine (C=N–C) groups is 1. The van der Waals surface area contributed by atoms with Crippen molar-refractivity contribution in [3.8, 4) is 6.07 Å². The van der Waals surface area contributed by atoms with Crippen LogP contribution < -0.4 is 5.73 Å². The number of halogens is 2. The molecule has 3 rings (SSSR count). The summed E-state index contributed by atoms with van der Waals surface area (Å²) in [7, 11) is -1.89. The molecule has 2 heterocycles. The summed E-state index contributed by atoms with van der Waals surface area (Å²) in [6.45, 7) is 1.53. The van der Waals surface area contributed by atoms with Crippen molar-refractivity contribution in [2.45, 2.75) is 12.5 Å². The maximum Gasteiger partial charge on any atom is 0.210 e. The molecule has 0 amide bonds. The Balaban J connectivity index is 2.03. The van der Waals surface area contributed by atoms with Crippen LogP contribution in [0.2, 0.25) is 0 Å². The molecular weight excluding hydrogens is 408 g/mol. The number of aromatic nitrogens is 1. The molecule has 1 aliphatic heterocycles. The first-order valence-corrected chi connectivity index (χ1v) is 10.5. The van der Waals surface area contributed by atoms with E-state index in [0.717, 1.165) is 27.8 Å². The zero-order valence-corrected chi connectivity index (χ0v) is 16.6. The maximum atomic E-state index is 14.5. The highest BCUT2D eigenvalue weighted by molar-refractivity contribution is 8.22. The Morgan fingerprint density at radius 1 is 1.50 bits per heavy atom. The number of nitrogens with zero attached hydrogens (tertiary/aromatic N) is 4. The zero-order chi connectivity index (χ0) is 20.7. The van der Waals surface area contributed by atoms with Gasteiger partial charge >= 0.3 is 0 Å². The van der Waals surface area contributed by atoms with Crippen LogP contribution in [-0.4, -0.2) is 37.2 Å². The Morgan fingerprint density at radius 2 is 2.21 bits per heavy atom. The molecule has 0 saturated carbocycles. The number of benzene rings is 1. The molecule has 0 saturated heterocycles. The van der Waals surface area contributed by atoms with Crippen molar-refractivity contribution < 1.29 is 17.9 Å². The first kappa shape index (κ1) is 20.2. The molecule has 0 aliphatic carbocycles. The van der Waals surface area contributed by atoms with Crippen molar-refractivity contribution >= 4 is 40.0 Å². The van der Waals surface area contributed by atoms with E-state index in [1.807, 2.05) is 6.07 Å². The van der Waals surface area contributed by atoms with Crippen LogP contribution >= 0.6 is 22.1 Å². The molecule has 148 valence electrons. The zero-order valence-electron chi connectivity index (χ0n) is 14.9. The topological polar surface area (TPSA) is 119 Å². The van der Waals surface area contributed by atoms with Gasteiger partial charge in [0.1, 0.15) is 17.4 Å². The van der Waals surface area contributed by atoms with Crippen LogP contribution in [-0.2, 0) is 5.54 Å². The predicted octanol–water partition coefficient (Wildman–Crippen LogP) is 3.76. The lowest BCUT2D eigenvalue weighted by atomic mass is 9.92. The molecule has 0 fully saturated rings. The smallest absolute Gasteiger partial charge is 0.210 e. The molecule has 11 heteroatoms. The second kappa shape index (κ2) is 7.14. The normalized spacial score (nSPS) is 23.1. The molecule has 2 aromatic rings. The molecular formula is C17H17F2N5O2S2. The number of guanidine groups is 1. The fraction of sp³-hybridized carbons (Fsp3) is 0.235. The van der Waals surface area contributed by atoms with Crippen molar-refractivity contribution in [1.29, 1.82) is 5.26 Å². The maximum absolute atomic E-state index is 14.5. The molecule has 0 spiro atoms. The Bertz CT molecular complexity index is 1030. The number of rotatable bonds is 3. The van der Waals surface area contributed by atoms with Gasteiger partial charge in [-0.25, -0.2) is 23.1 Å². The van der Waals surface area contributed by atoms with E-state index in [4.69, 9.17) is 11.0 Å². The molecule has 0 bridgehead atoms. The van der Waals surface area contributed by atoms with Crippen LogP contribution in [0.15, 0.2) is 28.6 Å². The monoisotopic (exact) mass is 425 g/mol. The van der Waals surface area contributed by atoms with Gasteiger partial charge in [-0.15, -0.1) is 22.1 Å². The molecule has 4 N–H and O–H groups in total. The van der Waals surface area contributed by atoms with Gasteiger partial charge in [0.2, 0.25) is 5.96 Å². The lowest BCUT2D eigenvalue weighted by Gasteiger charge is -2.49. The van der Waals surface area contributed by atoms with Crippen LogP contribution in [0, 0.1) is 17.1 Å². The SMILES string of the molecule is CN1C(N)=N[C@](C)(c2cc(/C=C(\F)c3nc(C#N)cs3)ccc2F)CS1(O)O. The van der Waals surface area contributed by atoms with Crippen molar-refractivity contribution in [3.63, 3.8) is 0 Å². The van der Waals surface area contributed by atoms with Crippen LogP contribution in [0.3, 0.4) is 0 Å². The Morgan fingerprint density at radius 3 is 2.82 bits per heavy atom. The molecule has 0 radical (unpaired) electrons. The van der Waals surface area contributed by atoms with Gasteiger partial charge in [-0.2, -0.15) is 5.26 Å². The third-order valence-corrected chi connectivity index (χ3v) is 7.15. The summed E-state index contributed by atoms with van der Waals surface area (Å²) >= 11 is 0.979. The number of nitriles is 1. The van der Waals surface area contributed by atoms with Crippen LogP contribution in [0.1, 0.15) is 28.8 Å². The van der Waals surface area contributed by atoms with Gasteiger partial charge in [-0.05, 0) is 30.7 Å². The quantitative estimate of drug-likeness (QED) is 0.689. The van der Waals surface area contributed by atoms with Crippen LogP contribution in [0.4, 0.5) is 8.78 Å². The first-order valence-electron chi connectivity index (χ1n) is 7.94. The number of nitrogens with two attached hydrogens (primary N) is 1. The van der Waals surface area contributed by atoms with Gasteiger partial charge in [0, 0.05) is 18.0 Å². The highest BCUT2D eigenvalue weighted by Crippen LogP contribution is 2.51. The van der Waals surface area contributed by atoms with E-state index < -0.39 is 28.0 Å². The molecule has 1 aromatic carbocycles. The van der Waals surface area contributed by atoms with E-state index in [2.05, 4.69) is 9.98 Å². The lowest BCUT2D eigenvalue weighted by Crippen LogP contribution is -2.47. The van der Waals surface area contributed by atoms with Gasteiger partial charge in [0.15, 0.2) is 16.5 Å². The minimum absolute atomic E-state index is 0.0318. The van der Waals surface area contributed by atoms with E-state index in [1.54, 1.807) is 0 Å². The third-order valence-electron chi connectivity index (χ3n) is 4.28. The largest absolute Gasteiger partial charge is 0.369 e. The van der Waals surface area contributed by atoms with Crippen molar-refractivity contribution in [2.75, 3.05) is 12.8 Å². The first-order chi connectivity index (χ1) is 13.1. The van der Waals surface area contributed by atoms with Gasteiger partial charge in [0.05, 0.1) is 5.75 Å². The molecule has 0 unspecified atom stereocenters. The van der Waals surface area contributed by atoms with Gasteiger partial charge < -0.3 is 5.73 Å². The summed E-state index contributed by atoms with van der Waals surface area (Å²) in [5.41, 5.74) is 4.93. The molecule has 1 aliphatic rings. The van der Waals surface area contributed by atoms with Crippen molar-refractivity contribution in [2.24, 2.45) is 10.7 Å². The van der Waals surface area contributed by atoms with Gasteiger partial charge in [0.25, 0.3) is 0 Å². The summed E-state index contributed by atoms with van der Waals surface area (Å²) in [6, 6.07) is 5.73. The van der Waals surface area contributed by atoms with Crippen LogP contribution in [0.25, 0.3) is 11.9 Å². The Labute approximate surface area is 165 Å². The molecule has 1 aromatic heterocycles. The standard InChI is InChI=1S/C17H17F2N5O2S2/c1-17(9-28(25,26)24(2)16(21)23-17)12-5-10(3-4-13(12)18)6-14(19)15-22-11(7-20)8-27-15/h3-6,8,25-26H,9H2,1-2H3,(H2,21,23)/b14-6-/t17-/m0/s1. The highest BCUT2D eigenvalue weighted by Gasteiger charge is 2.41. The summed E-state index contributed by atoms with van der Waals surface area (Å²) < 4.78 is 50.6. The van der Waals surface area contributed by atoms with E-state index in [9.17, 15) is 17.9 Å². The van der Waals surface area contributed by atoms with E-state index in [1.165, 1.54) is 31.5 Å². The molecule has 28 heavy (non-hydrogen) atoms. The summed E-state index contributed by atoms with van der Waals surface area (Å²) in [5.74, 6) is -1.70. The van der Waals surface area contributed by atoms with Crippen LogP contribution in [0.5, 0.6) is 0 Å². The third kappa shape index (κ3) is 3.72. The Hall–Kier alpha value is -2.52. The summed E-state index contributed by atoms with van der Waals surface area (Å²) in [5, 5.41) is 10.3. The summed E-state index contributed by atoms with van der Waals surface area (Å²) in [6.07, 6.45) is 1.16. The highest BCUT2D eigenvalue weighted by atomic mass is 32.3. The van der Waals surface area contributed by atoms with E-state index in [0.29, 0.717) is 5.56 Å². The van der Waals surface area contributed by atoms with E-state index in [-0.39, 0.29) is 28.0 Å². The van der Waals surface area contributed by atoms with Gasteiger partial charge in [-0.3, -0.25) is 9.11 Å². The van der Waals surface area contributed by atoms with Crippen molar-refractivity contribution in [3.05, 3.63) is 51.2 Å². The molecule has 7 nitrogen and oxygen atoms in total. The molecule has 1 atom stereocenters. The number of thiazole rings is 1. The fourth-order valence-corrected chi connectivity index (χ4v) is 4.96. The average Bonchev–Trinajstić information content (AvgIpc) is 3.10. The van der Waals surface area contributed by atoms with E-state index >= 15 is 0 Å². The summed E-state index contributed by atoms with van der Waals surface area (Å²) in [4.78, 5) is 8.07. The number of hydrogen-bond donors (Lipinski definition) is 3. The van der Waals surface area contributed by atoms with Gasteiger partial charge in [-0.1, -0.05) is 6.07 Å². The second-order valence-electron chi connectivity index (χ2n) is 6.40. The average molecular weight is 425 g/mol. The minimum atomic E-state index is -3.28. The second-order valence-corrected chi connectivity index (χ2v) is 9.36. The number of hydrogen-bond acceptors (Lipinski definition) is 8. The predicted molar refractivity (Wildman–Crippen MR) is 107 cm³/mol. The van der Waals surface area contributed by atoms with Crippen molar-refractivity contribution in [1.82, 2.24) is 9.29 Å². The lowest BCUT2D eigenvalue weighted by molar-refractivity contribution is 0.391.